The van der Waals surface area contributed by atoms with E-state index in [9.17, 15) is 9.59 Å². The summed E-state index contributed by atoms with van der Waals surface area (Å²) in [6.07, 6.45) is 3.92. The number of nitrogens with one attached hydrogen (secondary N) is 1. The van der Waals surface area contributed by atoms with Crippen LogP contribution < -0.4 is 10.9 Å². The lowest BCUT2D eigenvalue weighted by atomic mass is 10.1. The molecule has 0 aliphatic carbocycles. The van der Waals surface area contributed by atoms with Crippen molar-refractivity contribution in [1.29, 1.82) is 0 Å². The second kappa shape index (κ2) is 9.97. The zero-order chi connectivity index (χ0) is 23.5. The smallest absolute Gasteiger partial charge is 0.277 e. The van der Waals surface area contributed by atoms with Crippen LogP contribution in [-0.2, 0) is 20.1 Å². The summed E-state index contributed by atoms with van der Waals surface area (Å²) < 4.78 is 1.32. The number of thiazole rings is 1. The topological polar surface area (TPSA) is 80.1 Å². The van der Waals surface area contributed by atoms with Gasteiger partial charge in [-0.1, -0.05) is 30.7 Å². The molecule has 33 heavy (non-hydrogen) atoms. The van der Waals surface area contributed by atoms with Crippen LogP contribution in [0.25, 0.3) is 10.6 Å². The minimum absolute atomic E-state index is 0.172. The number of hydrogen-bond acceptors (Lipinski definition) is 6. The number of piperidine rings is 1. The van der Waals surface area contributed by atoms with Crippen molar-refractivity contribution in [3.8, 4) is 10.6 Å². The number of aromatic nitrogens is 3. The highest BCUT2D eigenvalue weighted by molar-refractivity contribution is 7.17. The van der Waals surface area contributed by atoms with Crippen LogP contribution in [0.2, 0.25) is 0 Å². The van der Waals surface area contributed by atoms with Gasteiger partial charge in [-0.25, -0.2) is 9.67 Å². The van der Waals surface area contributed by atoms with Gasteiger partial charge in [-0.15, -0.1) is 11.3 Å². The standard InChI is InChI=1S/C25H31N5O2S/c1-16-17(2)28-29(4)25(32)21(16)24-27-18(3)22(33-24)23(31)26-14-19-8-10-20(11-9-19)15-30-12-6-5-7-13-30/h8-11H,5-7,12-15H2,1-4H3,(H,26,31). The van der Waals surface area contributed by atoms with Crippen LogP contribution >= 0.6 is 11.3 Å². The van der Waals surface area contributed by atoms with Crippen molar-refractivity contribution in [3.05, 3.63) is 67.6 Å². The van der Waals surface area contributed by atoms with Gasteiger partial charge in [0.25, 0.3) is 11.5 Å². The average Bonchev–Trinajstić information content (AvgIpc) is 3.19. The van der Waals surface area contributed by atoms with Gasteiger partial charge in [-0.3, -0.25) is 14.5 Å². The van der Waals surface area contributed by atoms with E-state index in [1.165, 1.54) is 53.9 Å². The highest BCUT2D eigenvalue weighted by Crippen LogP contribution is 2.28. The maximum absolute atomic E-state index is 12.9. The van der Waals surface area contributed by atoms with Crippen molar-refractivity contribution in [2.24, 2.45) is 7.05 Å². The summed E-state index contributed by atoms with van der Waals surface area (Å²) in [5, 5.41) is 7.78. The minimum Gasteiger partial charge on any atom is -0.347 e. The molecule has 1 N–H and O–H groups in total. The molecule has 8 heteroatoms. The summed E-state index contributed by atoms with van der Waals surface area (Å²) in [5.74, 6) is -0.172. The van der Waals surface area contributed by atoms with Gasteiger partial charge >= 0.3 is 0 Å². The Morgan fingerprint density at radius 2 is 1.70 bits per heavy atom. The fourth-order valence-corrected chi connectivity index (χ4v) is 5.29. The monoisotopic (exact) mass is 465 g/mol. The summed E-state index contributed by atoms with van der Waals surface area (Å²) in [7, 11) is 1.63. The fourth-order valence-electron chi connectivity index (χ4n) is 4.22. The quantitative estimate of drug-likeness (QED) is 0.600. The van der Waals surface area contributed by atoms with Crippen molar-refractivity contribution < 1.29 is 4.79 Å². The molecular formula is C25H31N5O2S. The number of carbonyl (C=O) groups excluding carboxylic acids is 1. The Morgan fingerprint density at radius 1 is 1.03 bits per heavy atom. The molecule has 1 amide bonds. The summed E-state index contributed by atoms with van der Waals surface area (Å²) >= 11 is 1.25. The molecule has 7 nitrogen and oxygen atoms in total. The zero-order valence-electron chi connectivity index (χ0n) is 19.8. The van der Waals surface area contributed by atoms with Gasteiger partial charge in [0.2, 0.25) is 0 Å². The van der Waals surface area contributed by atoms with Crippen LogP contribution in [0.4, 0.5) is 0 Å². The van der Waals surface area contributed by atoms with Crippen molar-refractivity contribution >= 4 is 17.2 Å². The third-order valence-corrected chi connectivity index (χ3v) is 7.45. The number of hydrogen-bond donors (Lipinski definition) is 1. The lowest BCUT2D eigenvalue weighted by Gasteiger charge is -2.26. The average molecular weight is 466 g/mol. The van der Waals surface area contributed by atoms with E-state index >= 15 is 0 Å². The van der Waals surface area contributed by atoms with E-state index < -0.39 is 0 Å². The number of aryl methyl sites for hydroxylation is 3. The van der Waals surface area contributed by atoms with Gasteiger partial charge in [0.15, 0.2) is 0 Å². The Hall–Kier alpha value is -2.84. The number of carbonyl (C=O) groups is 1. The van der Waals surface area contributed by atoms with Crippen LogP contribution in [0.15, 0.2) is 29.1 Å². The first-order valence-corrected chi connectivity index (χ1v) is 12.3. The Labute approximate surface area is 198 Å². The minimum atomic E-state index is -0.205. The SMILES string of the molecule is Cc1nc(-c2c(C)c(C)nn(C)c2=O)sc1C(=O)NCc1ccc(CN2CCCCC2)cc1. The molecule has 0 spiro atoms. The highest BCUT2D eigenvalue weighted by atomic mass is 32.1. The van der Waals surface area contributed by atoms with E-state index in [0.717, 1.165) is 23.4 Å². The zero-order valence-corrected chi connectivity index (χ0v) is 20.6. The van der Waals surface area contributed by atoms with E-state index in [-0.39, 0.29) is 11.5 Å². The van der Waals surface area contributed by atoms with Gasteiger partial charge in [0.05, 0.1) is 17.0 Å². The van der Waals surface area contributed by atoms with Crippen LogP contribution in [0.3, 0.4) is 0 Å². The number of likely N-dealkylation sites (tertiary alicyclic amines) is 1. The molecule has 174 valence electrons. The molecule has 3 aromatic rings. The third kappa shape index (κ3) is 5.23. The first-order chi connectivity index (χ1) is 15.8. The number of rotatable bonds is 6. The van der Waals surface area contributed by atoms with E-state index in [1.54, 1.807) is 14.0 Å². The normalized spacial score (nSPS) is 14.4. The lowest BCUT2D eigenvalue weighted by molar-refractivity contribution is 0.0954. The molecule has 0 bridgehead atoms. The van der Waals surface area contributed by atoms with Crippen molar-refractivity contribution in [2.75, 3.05) is 13.1 Å². The first kappa shape index (κ1) is 23.3. The molecule has 0 atom stereocenters. The lowest BCUT2D eigenvalue weighted by Crippen LogP contribution is -2.29. The summed E-state index contributed by atoms with van der Waals surface area (Å²) in [6.45, 7) is 9.33. The van der Waals surface area contributed by atoms with E-state index in [1.807, 2.05) is 13.8 Å². The molecule has 4 rings (SSSR count). The molecule has 0 saturated carbocycles. The van der Waals surface area contributed by atoms with Gasteiger partial charge in [0, 0.05) is 20.1 Å². The highest BCUT2D eigenvalue weighted by Gasteiger charge is 2.21. The molecule has 1 aromatic carbocycles. The predicted octanol–water partition coefficient (Wildman–Crippen LogP) is 3.74. The first-order valence-electron chi connectivity index (χ1n) is 11.4. The van der Waals surface area contributed by atoms with Crippen LogP contribution in [-0.4, -0.2) is 38.7 Å². The van der Waals surface area contributed by atoms with Crippen molar-refractivity contribution in [1.82, 2.24) is 25.0 Å². The Kier molecular flexibility index (Phi) is 7.05. The Balaban J connectivity index is 1.43. The van der Waals surface area contributed by atoms with E-state index in [2.05, 4.69) is 44.6 Å². The number of nitrogens with zero attached hydrogens (tertiary/aromatic N) is 4. The molecular weight excluding hydrogens is 434 g/mol. The maximum Gasteiger partial charge on any atom is 0.277 e. The maximum atomic E-state index is 12.9. The summed E-state index contributed by atoms with van der Waals surface area (Å²) in [6, 6.07) is 8.46. The van der Waals surface area contributed by atoms with Crippen LogP contribution in [0, 0.1) is 20.8 Å². The Morgan fingerprint density at radius 3 is 2.39 bits per heavy atom. The Bertz CT molecular complexity index is 1210. The summed E-state index contributed by atoms with van der Waals surface area (Å²) in [4.78, 5) is 33.1. The van der Waals surface area contributed by atoms with Crippen LogP contribution in [0.1, 0.15) is 57.0 Å². The predicted molar refractivity (Wildman–Crippen MR) is 132 cm³/mol. The molecule has 1 aliphatic heterocycles. The van der Waals surface area contributed by atoms with E-state index in [4.69, 9.17) is 0 Å². The fraction of sp³-hybridized carbons (Fsp3) is 0.440. The van der Waals surface area contributed by atoms with E-state index in [0.29, 0.717) is 27.7 Å². The number of amides is 1. The van der Waals surface area contributed by atoms with Gasteiger partial charge in [0.1, 0.15) is 9.88 Å². The molecule has 1 aliphatic rings. The molecule has 1 fully saturated rings. The molecule has 0 unspecified atom stereocenters. The van der Waals surface area contributed by atoms with Crippen molar-refractivity contribution in [2.45, 2.75) is 53.1 Å². The van der Waals surface area contributed by atoms with Crippen molar-refractivity contribution in [3.63, 3.8) is 0 Å². The van der Waals surface area contributed by atoms with Gasteiger partial charge < -0.3 is 5.32 Å². The van der Waals surface area contributed by atoms with Crippen LogP contribution in [0.5, 0.6) is 0 Å². The molecule has 3 heterocycles. The molecule has 1 saturated heterocycles. The van der Waals surface area contributed by atoms with Gasteiger partial charge in [-0.2, -0.15) is 5.10 Å². The van der Waals surface area contributed by atoms with Gasteiger partial charge in [-0.05, 0) is 63.4 Å². The summed E-state index contributed by atoms with van der Waals surface area (Å²) in [5.41, 5.74) is 4.87. The third-order valence-electron chi connectivity index (χ3n) is 6.27. The second-order valence-corrected chi connectivity index (χ2v) is 9.78. The number of benzene rings is 1. The second-order valence-electron chi connectivity index (χ2n) is 8.78. The largest absolute Gasteiger partial charge is 0.347 e. The molecule has 0 radical (unpaired) electrons. The molecule has 2 aromatic heterocycles.